The van der Waals surface area contributed by atoms with Crippen LogP contribution in [0.4, 0.5) is 0 Å². The van der Waals surface area contributed by atoms with Crippen molar-refractivity contribution in [2.75, 3.05) is 0 Å². The second-order valence-electron chi connectivity index (χ2n) is 4.66. The van der Waals surface area contributed by atoms with Gasteiger partial charge in [-0.25, -0.2) is 0 Å². The molecular weight excluding hydrogens is 170 g/mol. The summed E-state index contributed by atoms with van der Waals surface area (Å²) in [7, 11) is 0. The average Bonchev–Trinajstić information content (AvgIpc) is 2.59. The molecule has 1 nitrogen and oxygen atoms in total. The first-order valence-electron chi connectivity index (χ1n) is 5.49. The van der Waals surface area contributed by atoms with Crippen molar-refractivity contribution in [3.05, 3.63) is 35.4 Å². The molecule has 1 heterocycles. The molecule has 0 aromatic heterocycles. The van der Waals surface area contributed by atoms with E-state index in [1.165, 1.54) is 11.1 Å². The van der Waals surface area contributed by atoms with Crippen LogP contribution in [0.1, 0.15) is 31.9 Å². The number of nitrogens with zero attached hydrogens (tertiary/aromatic N) is 1. The van der Waals surface area contributed by atoms with Gasteiger partial charge in [-0.2, -0.15) is 0 Å². The van der Waals surface area contributed by atoms with Gasteiger partial charge >= 0.3 is 0 Å². The van der Waals surface area contributed by atoms with Gasteiger partial charge in [0, 0.05) is 19.1 Å². The van der Waals surface area contributed by atoms with E-state index in [4.69, 9.17) is 0 Å². The summed E-state index contributed by atoms with van der Waals surface area (Å²) in [4.78, 5) is 2.56. The van der Waals surface area contributed by atoms with Crippen molar-refractivity contribution >= 4 is 0 Å². The molecule has 0 saturated carbocycles. The summed E-state index contributed by atoms with van der Waals surface area (Å²) in [6.07, 6.45) is 0. The highest BCUT2D eigenvalue weighted by molar-refractivity contribution is 5.30. The molecule has 1 atom stereocenters. The van der Waals surface area contributed by atoms with Crippen LogP contribution in [0.2, 0.25) is 0 Å². The topological polar surface area (TPSA) is 3.24 Å². The molecule has 0 spiro atoms. The molecular formula is C13H19N. The Bertz CT molecular complexity index is 292. The number of benzene rings is 1. The van der Waals surface area contributed by atoms with Crippen molar-refractivity contribution in [2.24, 2.45) is 5.92 Å². The van der Waals surface area contributed by atoms with Crippen molar-refractivity contribution in [2.45, 2.75) is 39.9 Å². The highest BCUT2D eigenvalue weighted by atomic mass is 15.2. The van der Waals surface area contributed by atoms with E-state index in [9.17, 15) is 0 Å². The third kappa shape index (κ3) is 1.69. The fraction of sp³-hybridized carbons (Fsp3) is 0.538. The third-order valence-corrected chi connectivity index (χ3v) is 3.41. The summed E-state index contributed by atoms with van der Waals surface area (Å²) < 4.78 is 0. The maximum Gasteiger partial charge on any atom is 0.0243 e. The fourth-order valence-electron chi connectivity index (χ4n) is 2.07. The zero-order chi connectivity index (χ0) is 10.1. The van der Waals surface area contributed by atoms with E-state index in [-0.39, 0.29) is 0 Å². The van der Waals surface area contributed by atoms with Crippen LogP contribution >= 0.6 is 0 Å². The van der Waals surface area contributed by atoms with Crippen molar-refractivity contribution in [3.8, 4) is 0 Å². The first-order chi connectivity index (χ1) is 6.68. The Morgan fingerprint density at radius 1 is 1.00 bits per heavy atom. The summed E-state index contributed by atoms with van der Waals surface area (Å²) >= 11 is 0. The van der Waals surface area contributed by atoms with Gasteiger partial charge in [-0.05, 0) is 24.0 Å². The van der Waals surface area contributed by atoms with Crippen LogP contribution in [0, 0.1) is 5.92 Å². The Kier molecular flexibility index (Phi) is 2.60. The lowest BCUT2D eigenvalue weighted by Crippen LogP contribution is -2.32. The molecule has 0 N–H and O–H groups in total. The van der Waals surface area contributed by atoms with E-state index >= 15 is 0 Å². The van der Waals surface area contributed by atoms with Crippen LogP contribution in [-0.4, -0.2) is 10.9 Å². The van der Waals surface area contributed by atoms with Crippen LogP contribution in [0.15, 0.2) is 24.3 Å². The summed E-state index contributed by atoms with van der Waals surface area (Å²) in [5.74, 6) is 0.740. The smallest absolute Gasteiger partial charge is 0.0243 e. The lowest BCUT2D eigenvalue weighted by Gasteiger charge is -2.26. The number of fused-ring (bicyclic) bond motifs is 1. The molecule has 0 amide bonds. The summed E-state index contributed by atoms with van der Waals surface area (Å²) in [6, 6.07) is 9.47. The summed E-state index contributed by atoms with van der Waals surface area (Å²) in [5, 5.41) is 0. The van der Waals surface area contributed by atoms with Crippen LogP contribution in [0.3, 0.4) is 0 Å². The van der Waals surface area contributed by atoms with Gasteiger partial charge in [-0.3, -0.25) is 4.90 Å². The van der Waals surface area contributed by atoms with Crippen LogP contribution in [-0.2, 0) is 13.1 Å². The van der Waals surface area contributed by atoms with Gasteiger partial charge in [0.15, 0.2) is 0 Å². The largest absolute Gasteiger partial charge is 0.292 e. The minimum absolute atomic E-state index is 0.683. The molecule has 1 aliphatic heterocycles. The standard InChI is InChI=1S/C13H19N/c1-10(2)11(3)14-8-12-6-4-5-7-13(12)9-14/h4-7,10-11H,8-9H2,1-3H3. The zero-order valence-electron chi connectivity index (χ0n) is 9.33. The lowest BCUT2D eigenvalue weighted by molar-refractivity contribution is 0.170. The van der Waals surface area contributed by atoms with E-state index in [1.54, 1.807) is 0 Å². The molecule has 14 heavy (non-hydrogen) atoms. The second kappa shape index (κ2) is 3.74. The minimum atomic E-state index is 0.683. The SMILES string of the molecule is CC(C)C(C)N1Cc2ccccc2C1. The molecule has 0 fully saturated rings. The zero-order valence-corrected chi connectivity index (χ0v) is 9.33. The molecule has 1 aromatic rings. The van der Waals surface area contributed by atoms with Crippen molar-refractivity contribution in [3.63, 3.8) is 0 Å². The third-order valence-electron chi connectivity index (χ3n) is 3.41. The van der Waals surface area contributed by atoms with E-state index in [0.29, 0.717) is 6.04 Å². The van der Waals surface area contributed by atoms with E-state index in [1.807, 2.05) is 0 Å². The van der Waals surface area contributed by atoms with E-state index in [0.717, 1.165) is 19.0 Å². The first kappa shape index (κ1) is 9.72. The molecule has 0 bridgehead atoms. The van der Waals surface area contributed by atoms with Crippen molar-refractivity contribution < 1.29 is 0 Å². The molecule has 76 valence electrons. The summed E-state index contributed by atoms with van der Waals surface area (Å²) in [6.45, 7) is 9.20. The quantitative estimate of drug-likeness (QED) is 0.691. The van der Waals surface area contributed by atoms with Gasteiger partial charge in [-0.15, -0.1) is 0 Å². The average molecular weight is 189 g/mol. The second-order valence-corrected chi connectivity index (χ2v) is 4.66. The number of hydrogen-bond acceptors (Lipinski definition) is 1. The van der Waals surface area contributed by atoms with Crippen molar-refractivity contribution in [1.82, 2.24) is 4.90 Å². The Morgan fingerprint density at radius 3 is 1.93 bits per heavy atom. The van der Waals surface area contributed by atoms with Gasteiger partial charge in [0.2, 0.25) is 0 Å². The Balaban J connectivity index is 2.12. The highest BCUT2D eigenvalue weighted by Gasteiger charge is 2.23. The fourth-order valence-corrected chi connectivity index (χ4v) is 2.07. The predicted octanol–water partition coefficient (Wildman–Crippen LogP) is 3.05. The Hall–Kier alpha value is -0.820. The van der Waals surface area contributed by atoms with Gasteiger partial charge in [0.1, 0.15) is 0 Å². The normalized spacial score (nSPS) is 18.6. The van der Waals surface area contributed by atoms with Gasteiger partial charge < -0.3 is 0 Å². The molecule has 2 rings (SSSR count). The Labute approximate surface area is 86.7 Å². The first-order valence-corrected chi connectivity index (χ1v) is 5.49. The molecule has 1 heteroatoms. The maximum atomic E-state index is 2.56. The molecule has 1 aliphatic rings. The predicted molar refractivity (Wildman–Crippen MR) is 60.0 cm³/mol. The molecule has 0 saturated heterocycles. The number of hydrogen-bond donors (Lipinski definition) is 0. The number of rotatable bonds is 2. The molecule has 0 radical (unpaired) electrons. The minimum Gasteiger partial charge on any atom is -0.292 e. The maximum absolute atomic E-state index is 2.56. The molecule has 0 aliphatic carbocycles. The van der Waals surface area contributed by atoms with E-state index < -0.39 is 0 Å². The van der Waals surface area contributed by atoms with Gasteiger partial charge in [0.05, 0.1) is 0 Å². The molecule has 1 aromatic carbocycles. The monoisotopic (exact) mass is 189 g/mol. The van der Waals surface area contributed by atoms with Gasteiger partial charge in [-0.1, -0.05) is 38.1 Å². The Morgan fingerprint density at radius 2 is 1.50 bits per heavy atom. The van der Waals surface area contributed by atoms with Crippen LogP contribution in [0.5, 0.6) is 0 Å². The van der Waals surface area contributed by atoms with E-state index in [2.05, 4.69) is 49.9 Å². The van der Waals surface area contributed by atoms with Crippen LogP contribution in [0.25, 0.3) is 0 Å². The summed E-state index contributed by atoms with van der Waals surface area (Å²) in [5.41, 5.74) is 3.03. The highest BCUT2D eigenvalue weighted by Crippen LogP contribution is 2.26. The van der Waals surface area contributed by atoms with Gasteiger partial charge in [0.25, 0.3) is 0 Å². The van der Waals surface area contributed by atoms with Crippen molar-refractivity contribution in [1.29, 1.82) is 0 Å². The van der Waals surface area contributed by atoms with Crippen LogP contribution < -0.4 is 0 Å². The molecule has 1 unspecified atom stereocenters. The lowest BCUT2D eigenvalue weighted by atomic mass is 10.1.